The van der Waals surface area contributed by atoms with E-state index in [0.29, 0.717) is 11.1 Å². The van der Waals surface area contributed by atoms with Gasteiger partial charge in [0.2, 0.25) is 0 Å². The van der Waals surface area contributed by atoms with E-state index in [1.165, 1.54) is 36.5 Å². The summed E-state index contributed by atoms with van der Waals surface area (Å²) in [5.41, 5.74) is 2.13. The van der Waals surface area contributed by atoms with Crippen LogP contribution in [0, 0.1) is 5.82 Å². The normalized spacial score (nSPS) is 11.6. The quantitative estimate of drug-likeness (QED) is 0.247. The fourth-order valence-electron chi connectivity index (χ4n) is 2.59. The molecule has 0 unspecified atom stereocenters. The van der Waals surface area contributed by atoms with Gasteiger partial charge in [0.1, 0.15) is 12.4 Å². The molecule has 0 aliphatic carbocycles. The number of nitrogens with one attached hydrogen (secondary N) is 1. The summed E-state index contributed by atoms with van der Waals surface area (Å²) in [6.07, 6.45) is -3.33. The molecule has 0 atom stereocenters. The molecule has 0 saturated carbocycles. The minimum Gasteiger partial charge on any atom is -0.486 e. The van der Waals surface area contributed by atoms with E-state index in [0.717, 1.165) is 18.2 Å². The van der Waals surface area contributed by atoms with Gasteiger partial charge in [-0.15, -0.1) is 0 Å². The Morgan fingerprint density at radius 1 is 1.03 bits per heavy atom. The molecule has 0 saturated heterocycles. The summed E-state index contributed by atoms with van der Waals surface area (Å²) in [6, 6.07) is 12.6. The Balaban J connectivity index is 1.65. The Labute approximate surface area is 190 Å². The van der Waals surface area contributed by atoms with Crippen molar-refractivity contribution in [3.63, 3.8) is 0 Å². The second-order valence-corrected chi connectivity index (χ2v) is 7.32. The van der Waals surface area contributed by atoms with Gasteiger partial charge in [-0.2, -0.15) is 18.3 Å². The molecule has 0 fully saturated rings. The van der Waals surface area contributed by atoms with Crippen molar-refractivity contribution in [1.82, 2.24) is 5.43 Å². The lowest BCUT2D eigenvalue weighted by molar-refractivity contribution is -0.137. The fraction of sp³-hybridized carbons (Fsp3) is 0.0909. The minimum absolute atomic E-state index is 0.111. The summed E-state index contributed by atoms with van der Waals surface area (Å²) in [7, 11) is 0. The van der Waals surface area contributed by atoms with Crippen LogP contribution in [0.4, 0.5) is 17.6 Å². The summed E-state index contributed by atoms with van der Waals surface area (Å²) in [5, 5.41) is 4.07. The first-order valence-corrected chi connectivity index (χ1v) is 9.76. The maximum atomic E-state index is 13.0. The molecule has 0 aliphatic rings. The predicted molar refractivity (Wildman–Crippen MR) is 114 cm³/mol. The number of hydrazone groups is 1. The van der Waals surface area contributed by atoms with Crippen molar-refractivity contribution in [2.75, 3.05) is 0 Å². The zero-order valence-electron chi connectivity index (χ0n) is 16.1. The van der Waals surface area contributed by atoms with Crippen LogP contribution in [0.25, 0.3) is 0 Å². The van der Waals surface area contributed by atoms with Crippen LogP contribution >= 0.6 is 23.2 Å². The van der Waals surface area contributed by atoms with Crippen molar-refractivity contribution in [2.45, 2.75) is 12.8 Å². The number of nitrogens with zero attached hydrogens (tertiary/aromatic N) is 1. The highest BCUT2D eigenvalue weighted by Crippen LogP contribution is 2.34. The molecular formula is C22H14Cl2F4N2O2. The van der Waals surface area contributed by atoms with Gasteiger partial charge < -0.3 is 4.74 Å². The largest absolute Gasteiger partial charge is 0.486 e. The molecule has 32 heavy (non-hydrogen) atoms. The number of ether oxygens (including phenoxy) is 1. The summed E-state index contributed by atoms with van der Waals surface area (Å²) < 4.78 is 56.9. The number of carbonyl (C=O) groups excluding carboxylic acids is 1. The number of alkyl halides is 3. The number of benzene rings is 3. The van der Waals surface area contributed by atoms with Crippen molar-refractivity contribution >= 4 is 35.3 Å². The van der Waals surface area contributed by atoms with Gasteiger partial charge >= 0.3 is 6.18 Å². The molecule has 1 amide bonds. The first-order valence-electron chi connectivity index (χ1n) is 9.00. The first kappa shape index (κ1) is 23.6. The van der Waals surface area contributed by atoms with Crippen LogP contribution in [0.1, 0.15) is 27.0 Å². The SMILES string of the molecule is O=C(N/N=C\c1cc(Cl)c(OCc2ccc(F)cc2)c(Cl)c1)c1cccc(C(F)(F)F)c1. The third kappa shape index (κ3) is 6.21. The predicted octanol–water partition coefficient (Wildman–Crippen LogP) is 6.49. The Kier molecular flexibility index (Phi) is 7.37. The topological polar surface area (TPSA) is 50.7 Å². The average Bonchev–Trinajstić information content (AvgIpc) is 2.74. The van der Waals surface area contributed by atoms with E-state index in [1.54, 1.807) is 12.1 Å². The molecule has 0 heterocycles. The lowest BCUT2D eigenvalue weighted by Gasteiger charge is -2.11. The van der Waals surface area contributed by atoms with E-state index >= 15 is 0 Å². The molecule has 1 N–H and O–H groups in total. The van der Waals surface area contributed by atoms with E-state index in [4.69, 9.17) is 27.9 Å². The molecule has 0 spiro atoms. The second kappa shape index (κ2) is 10.0. The summed E-state index contributed by atoms with van der Waals surface area (Å²) in [4.78, 5) is 12.1. The van der Waals surface area contributed by atoms with Crippen molar-refractivity contribution in [1.29, 1.82) is 0 Å². The van der Waals surface area contributed by atoms with Crippen LogP contribution in [0.15, 0.2) is 65.8 Å². The van der Waals surface area contributed by atoms with E-state index in [1.807, 2.05) is 0 Å². The lowest BCUT2D eigenvalue weighted by Crippen LogP contribution is -2.18. The standard InChI is InChI=1S/C22H14Cl2F4N2O2/c23-18-8-14(9-19(24)20(18)32-12-13-4-6-17(25)7-5-13)11-29-30-21(31)15-2-1-3-16(10-15)22(26,27)28/h1-11H,12H2,(H,30,31)/b29-11-. The van der Waals surface area contributed by atoms with Gasteiger partial charge in [0.05, 0.1) is 21.8 Å². The monoisotopic (exact) mass is 484 g/mol. The van der Waals surface area contributed by atoms with Crippen molar-refractivity contribution < 1.29 is 27.1 Å². The second-order valence-electron chi connectivity index (χ2n) is 6.51. The maximum absolute atomic E-state index is 13.0. The van der Waals surface area contributed by atoms with Gasteiger partial charge in [-0.3, -0.25) is 4.79 Å². The van der Waals surface area contributed by atoms with Crippen LogP contribution < -0.4 is 10.2 Å². The zero-order chi connectivity index (χ0) is 23.3. The van der Waals surface area contributed by atoms with Gasteiger partial charge in [-0.05, 0) is 53.6 Å². The number of halogens is 6. The molecule has 166 valence electrons. The molecule has 3 rings (SSSR count). The van der Waals surface area contributed by atoms with Crippen LogP contribution in [0.2, 0.25) is 10.0 Å². The van der Waals surface area contributed by atoms with Gasteiger partial charge in [0.15, 0.2) is 5.75 Å². The van der Waals surface area contributed by atoms with Gasteiger partial charge in [-0.25, -0.2) is 9.82 Å². The van der Waals surface area contributed by atoms with Crippen LogP contribution in [-0.4, -0.2) is 12.1 Å². The van der Waals surface area contributed by atoms with Gasteiger partial charge in [-0.1, -0.05) is 41.4 Å². The molecule has 0 bridgehead atoms. The van der Waals surface area contributed by atoms with Gasteiger partial charge in [0.25, 0.3) is 5.91 Å². The number of hydrogen-bond donors (Lipinski definition) is 1. The minimum atomic E-state index is -4.56. The lowest BCUT2D eigenvalue weighted by atomic mass is 10.1. The molecule has 0 radical (unpaired) electrons. The highest BCUT2D eigenvalue weighted by atomic mass is 35.5. The number of hydrogen-bond acceptors (Lipinski definition) is 3. The van der Waals surface area contributed by atoms with Crippen LogP contribution in [0.5, 0.6) is 5.75 Å². The van der Waals surface area contributed by atoms with E-state index < -0.39 is 17.6 Å². The number of amides is 1. The highest BCUT2D eigenvalue weighted by Gasteiger charge is 2.30. The fourth-order valence-corrected chi connectivity index (χ4v) is 3.21. The van der Waals surface area contributed by atoms with Crippen LogP contribution in [0.3, 0.4) is 0 Å². The first-order chi connectivity index (χ1) is 15.1. The molecule has 0 aliphatic heterocycles. The summed E-state index contributed by atoms with van der Waals surface area (Å²) in [6.45, 7) is 0.111. The maximum Gasteiger partial charge on any atom is 0.416 e. The van der Waals surface area contributed by atoms with E-state index in [9.17, 15) is 22.4 Å². The van der Waals surface area contributed by atoms with Crippen molar-refractivity contribution in [3.8, 4) is 5.75 Å². The summed E-state index contributed by atoms with van der Waals surface area (Å²) >= 11 is 12.4. The Hall–Kier alpha value is -3.10. The van der Waals surface area contributed by atoms with E-state index in [2.05, 4.69) is 10.5 Å². The molecular weight excluding hydrogens is 471 g/mol. The van der Waals surface area contributed by atoms with Crippen LogP contribution in [-0.2, 0) is 12.8 Å². The zero-order valence-corrected chi connectivity index (χ0v) is 17.6. The molecule has 3 aromatic carbocycles. The number of carbonyl (C=O) groups is 1. The number of rotatable bonds is 6. The van der Waals surface area contributed by atoms with E-state index in [-0.39, 0.29) is 33.8 Å². The molecule has 10 heteroatoms. The Morgan fingerprint density at radius 3 is 2.31 bits per heavy atom. The van der Waals surface area contributed by atoms with Gasteiger partial charge in [0, 0.05) is 5.56 Å². The Bertz CT molecular complexity index is 1130. The summed E-state index contributed by atoms with van der Waals surface area (Å²) in [5.74, 6) is -0.972. The smallest absolute Gasteiger partial charge is 0.416 e. The third-order valence-corrected chi connectivity index (χ3v) is 4.71. The molecule has 0 aromatic heterocycles. The van der Waals surface area contributed by atoms with Crippen molar-refractivity contribution in [2.24, 2.45) is 5.10 Å². The Morgan fingerprint density at radius 2 is 1.69 bits per heavy atom. The third-order valence-electron chi connectivity index (χ3n) is 4.15. The molecule has 3 aromatic rings. The average molecular weight is 485 g/mol. The highest BCUT2D eigenvalue weighted by molar-refractivity contribution is 6.37. The molecule has 4 nitrogen and oxygen atoms in total. The van der Waals surface area contributed by atoms with Crippen molar-refractivity contribution in [3.05, 3.63) is 98.8 Å².